The third kappa shape index (κ3) is 4.82. The third-order valence-electron chi connectivity index (χ3n) is 5.28. The first kappa shape index (κ1) is 18.4. The van der Waals surface area contributed by atoms with Gasteiger partial charge in [-0.2, -0.15) is 0 Å². The zero-order chi connectivity index (χ0) is 17.8. The van der Waals surface area contributed by atoms with Gasteiger partial charge in [-0.15, -0.1) is 0 Å². The molecule has 1 unspecified atom stereocenters. The van der Waals surface area contributed by atoms with Gasteiger partial charge in [-0.3, -0.25) is 9.69 Å². The van der Waals surface area contributed by atoms with E-state index in [1.807, 2.05) is 4.90 Å². The van der Waals surface area contributed by atoms with Crippen LogP contribution in [0.1, 0.15) is 56.4 Å². The molecule has 1 aromatic rings. The van der Waals surface area contributed by atoms with E-state index in [0.717, 1.165) is 45.6 Å². The molecule has 2 saturated heterocycles. The molecule has 2 aliphatic rings. The van der Waals surface area contributed by atoms with Gasteiger partial charge in [-0.25, -0.2) is 4.98 Å². The maximum absolute atomic E-state index is 12.6. The molecule has 3 heterocycles. The van der Waals surface area contributed by atoms with E-state index in [1.165, 1.54) is 19.2 Å². The number of likely N-dealkylation sites (tertiary alicyclic amines) is 1. The van der Waals surface area contributed by atoms with Gasteiger partial charge in [0.1, 0.15) is 6.26 Å². The van der Waals surface area contributed by atoms with Crippen LogP contribution in [-0.4, -0.2) is 70.9 Å². The van der Waals surface area contributed by atoms with E-state index in [9.17, 15) is 4.79 Å². The summed E-state index contributed by atoms with van der Waals surface area (Å²) in [4.78, 5) is 23.9. The lowest BCUT2D eigenvalue weighted by Crippen LogP contribution is -2.46. The summed E-state index contributed by atoms with van der Waals surface area (Å²) in [5.74, 6) is 1.39. The fourth-order valence-electron chi connectivity index (χ4n) is 3.87. The van der Waals surface area contributed by atoms with Crippen LogP contribution in [0.4, 0.5) is 0 Å². The van der Waals surface area contributed by atoms with E-state index in [1.54, 1.807) is 0 Å². The van der Waals surface area contributed by atoms with Crippen LogP contribution in [0.15, 0.2) is 10.7 Å². The Kier molecular flexibility index (Phi) is 6.12. The first-order valence-electron chi connectivity index (χ1n) is 9.73. The highest BCUT2D eigenvalue weighted by Crippen LogP contribution is 2.19. The molecule has 0 radical (unpaired) electrons. The molecule has 6 heteroatoms. The highest BCUT2D eigenvalue weighted by molar-refractivity contribution is 5.92. The van der Waals surface area contributed by atoms with Crippen molar-refractivity contribution < 1.29 is 9.21 Å². The van der Waals surface area contributed by atoms with Crippen LogP contribution in [0.3, 0.4) is 0 Å². The lowest BCUT2D eigenvalue weighted by atomic mass is 10.0. The van der Waals surface area contributed by atoms with Crippen molar-refractivity contribution in [3.8, 4) is 0 Å². The van der Waals surface area contributed by atoms with Gasteiger partial charge in [0.15, 0.2) is 5.69 Å². The summed E-state index contributed by atoms with van der Waals surface area (Å²) in [6, 6.07) is 0.301. The van der Waals surface area contributed by atoms with Gasteiger partial charge in [0.2, 0.25) is 5.89 Å². The van der Waals surface area contributed by atoms with Gasteiger partial charge < -0.3 is 14.2 Å². The van der Waals surface area contributed by atoms with Gasteiger partial charge in [-0.1, -0.05) is 13.8 Å². The van der Waals surface area contributed by atoms with Crippen molar-refractivity contribution >= 4 is 5.91 Å². The third-order valence-corrected chi connectivity index (χ3v) is 5.28. The van der Waals surface area contributed by atoms with Crippen LogP contribution in [-0.2, 0) is 6.54 Å². The van der Waals surface area contributed by atoms with Crippen molar-refractivity contribution in [2.45, 2.75) is 52.6 Å². The average Bonchev–Trinajstić information content (AvgIpc) is 3.04. The van der Waals surface area contributed by atoms with Crippen LogP contribution in [0.2, 0.25) is 0 Å². The summed E-state index contributed by atoms with van der Waals surface area (Å²) in [5, 5.41) is 0. The first-order chi connectivity index (χ1) is 12.0. The van der Waals surface area contributed by atoms with E-state index in [2.05, 4.69) is 35.6 Å². The van der Waals surface area contributed by atoms with Crippen LogP contribution < -0.4 is 0 Å². The number of oxazole rings is 1. The number of hydrogen-bond acceptors (Lipinski definition) is 5. The molecule has 2 aliphatic heterocycles. The van der Waals surface area contributed by atoms with Crippen LogP contribution in [0.5, 0.6) is 0 Å². The maximum Gasteiger partial charge on any atom is 0.276 e. The number of piperazine rings is 1. The van der Waals surface area contributed by atoms with E-state index in [0.29, 0.717) is 30.1 Å². The van der Waals surface area contributed by atoms with E-state index < -0.39 is 0 Å². The van der Waals surface area contributed by atoms with Crippen molar-refractivity contribution in [3.05, 3.63) is 17.8 Å². The van der Waals surface area contributed by atoms with Gasteiger partial charge >= 0.3 is 0 Å². The van der Waals surface area contributed by atoms with Crippen molar-refractivity contribution in [2.75, 3.05) is 39.3 Å². The van der Waals surface area contributed by atoms with Crippen LogP contribution in [0.25, 0.3) is 0 Å². The Morgan fingerprint density at radius 3 is 2.60 bits per heavy atom. The first-order valence-corrected chi connectivity index (χ1v) is 9.73. The monoisotopic (exact) mass is 348 g/mol. The maximum atomic E-state index is 12.6. The summed E-state index contributed by atoms with van der Waals surface area (Å²) in [6.45, 7) is 13.6. The summed E-state index contributed by atoms with van der Waals surface area (Å²) < 4.78 is 5.59. The van der Waals surface area contributed by atoms with Crippen molar-refractivity contribution in [1.82, 2.24) is 19.7 Å². The molecule has 1 aromatic heterocycles. The van der Waals surface area contributed by atoms with Crippen LogP contribution in [0, 0.1) is 5.92 Å². The zero-order valence-electron chi connectivity index (χ0n) is 15.9. The number of nitrogens with zero attached hydrogens (tertiary/aromatic N) is 4. The minimum absolute atomic E-state index is 0.0175. The average molecular weight is 348 g/mol. The number of piperidine rings is 1. The summed E-state index contributed by atoms with van der Waals surface area (Å²) in [6.07, 6.45) is 4.91. The second-order valence-corrected chi connectivity index (χ2v) is 7.94. The van der Waals surface area contributed by atoms with E-state index >= 15 is 0 Å². The van der Waals surface area contributed by atoms with E-state index in [-0.39, 0.29) is 5.91 Å². The predicted molar refractivity (Wildman–Crippen MR) is 97.4 cm³/mol. The van der Waals surface area contributed by atoms with Gasteiger partial charge in [-0.05, 0) is 32.1 Å². The molecule has 1 atom stereocenters. The molecule has 0 aliphatic carbocycles. The molecule has 3 rings (SSSR count). The number of rotatable bonds is 5. The molecule has 140 valence electrons. The largest absolute Gasteiger partial charge is 0.447 e. The van der Waals surface area contributed by atoms with Crippen LogP contribution >= 0.6 is 0 Å². The molecule has 0 saturated carbocycles. The van der Waals surface area contributed by atoms with Crippen molar-refractivity contribution in [2.24, 2.45) is 5.92 Å². The van der Waals surface area contributed by atoms with E-state index in [4.69, 9.17) is 4.42 Å². The zero-order valence-corrected chi connectivity index (χ0v) is 15.9. The predicted octanol–water partition coefficient (Wildman–Crippen LogP) is 2.46. The molecular formula is C19H32N4O2. The number of carbonyl (C=O) groups excluding carboxylic acids is 1. The Labute approximate surface area is 151 Å². The molecule has 0 spiro atoms. The van der Waals surface area contributed by atoms with Crippen molar-refractivity contribution in [1.29, 1.82) is 0 Å². The normalized spacial score (nSPS) is 23.4. The highest BCUT2D eigenvalue weighted by Gasteiger charge is 2.27. The fourth-order valence-corrected chi connectivity index (χ4v) is 3.87. The van der Waals surface area contributed by atoms with Gasteiger partial charge in [0, 0.05) is 45.3 Å². The second kappa shape index (κ2) is 8.32. The molecular weight excluding hydrogens is 316 g/mol. The smallest absolute Gasteiger partial charge is 0.276 e. The molecule has 1 amide bonds. The SMILES string of the molecule is CC(C)CN1CCN(Cc2nc(C(=O)N3CCCCC3C)co2)CC1. The fraction of sp³-hybridized carbons (Fsp3) is 0.789. The Hall–Kier alpha value is -1.40. The summed E-state index contributed by atoms with van der Waals surface area (Å²) in [7, 11) is 0. The number of carbonyl (C=O) groups is 1. The minimum Gasteiger partial charge on any atom is -0.447 e. The molecule has 0 bridgehead atoms. The summed E-state index contributed by atoms with van der Waals surface area (Å²) >= 11 is 0. The van der Waals surface area contributed by atoms with Gasteiger partial charge in [0.05, 0.1) is 6.54 Å². The Bertz CT molecular complexity index is 564. The Morgan fingerprint density at radius 1 is 1.20 bits per heavy atom. The van der Waals surface area contributed by atoms with Crippen molar-refractivity contribution in [3.63, 3.8) is 0 Å². The lowest BCUT2D eigenvalue weighted by molar-refractivity contribution is 0.0629. The molecule has 0 N–H and O–H groups in total. The molecule has 6 nitrogen and oxygen atoms in total. The number of aromatic nitrogens is 1. The molecule has 2 fully saturated rings. The number of hydrogen-bond donors (Lipinski definition) is 0. The molecule has 0 aromatic carbocycles. The molecule has 25 heavy (non-hydrogen) atoms. The van der Waals surface area contributed by atoms with Gasteiger partial charge in [0.25, 0.3) is 5.91 Å². The quantitative estimate of drug-likeness (QED) is 0.818. The standard InChI is InChI=1S/C19H32N4O2/c1-15(2)12-21-8-10-22(11-9-21)13-18-20-17(14-25-18)19(24)23-7-5-4-6-16(23)3/h14-16H,4-13H2,1-3H3. The highest BCUT2D eigenvalue weighted by atomic mass is 16.3. The summed E-state index contributed by atoms with van der Waals surface area (Å²) in [5.41, 5.74) is 0.460. The second-order valence-electron chi connectivity index (χ2n) is 7.94. The topological polar surface area (TPSA) is 52.8 Å². The minimum atomic E-state index is 0.0175. The lowest BCUT2D eigenvalue weighted by Gasteiger charge is -2.34. The number of amides is 1. The Morgan fingerprint density at radius 2 is 1.92 bits per heavy atom. The Balaban J connectivity index is 1.51.